The average molecular weight is 339 g/mol. The first kappa shape index (κ1) is 17.0. The number of nitrogens with one attached hydrogen (secondary N) is 1. The minimum atomic E-state index is -0.215. The summed E-state index contributed by atoms with van der Waals surface area (Å²) < 4.78 is 17.5. The second-order valence-electron chi connectivity index (χ2n) is 4.87. The van der Waals surface area contributed by atoms with Crippen molar-refractivity contribution in [2.75, 3.05) is 21.3 Å². The maximum Gasteiger partial charge on any atom is 0.268 e. The molecule has 2 rings (SSSR count). The third kappa shape index (κ3) is 3.71. The van der Waals surface area contributed by atoms with Crippen LogP contribution in [0.25, 0.3) is 0 Å². The summed E-state index contributed by atoms with van der Waals surface area (Å²) in [7, 11) is 6.40. The Bertz CT molecular complexity index is 687. The maximum absolute atomic E-state index is 12.2. The molecule has 0 spiro atoms. The van der Waals surface area contributed by atoms with E-state index in [1.54, 1.807) is 57.3 Å². The van der Waals surface area contributed by atoms with Crippen LogP contribution in [0.5, 0.6) is 17.2 Å². The summed E-state index contributed by atoms with van der Waals surface area (Å²) in [5, 5.41) is 3.36. The van der Waals surface area contributed by atoms with Gasteiger partial charge in [-0.3, -0.25) is 4.79 Å². The van der Waals surface area contributed by atoms with Crippen LogP contribution in [-0.2, 0) is 13.6 Å². The van der Waals surface area contributed by atoms with Crippen LogP contribution < -0.4 is 19.5 Å². The number of aromatic nitrogens is 1. The lowest BCUT2D eigenvalue weighted by Crippen LogP contribution is -2.24. The maximum atomic E-state index is 12.2. The van der Waals surface area contributed by atoms with Gasteiger partial charge >= 0.3 is 0 Å². The van der Waals surface area contributed by atoms with Crippen LogP contribution in [0.3, 0.4) is 0 Å². The lowest BCUT2D eigenvalue weighted by Gasteiger charge is -2.14. The Kier molecular flexibility index (Phi) is 5.39. The van der Waals surface area contributed by atoms with Crippen LogP contribution in [-0.4, -0.2) is 31.8 Å². The molecule has 1 aromatic carbocycles. The van der Waals surface area contributed by atoms with E-state index in [0.29, 0.717) is 34.5 Å². The van der Waals surface area contributed by atoms with E-state index < -0.39 is 0 Å². The number of methoxy groups -OCH3 is 3. The Morgan fingerprint density at radius 1 is 1.13 bits per heavy atom. The van der Waals surface area contributed by atoms with Crippen molar-refractivity contribution in [1.29, 1.82) is 0 Å². The molecular weight excluding hydrogens is 320 g/mol. The number of aryl methyl sites for hydroxylation is 1. The lowest BCUT2D eigenvalue weighted by atomic mass is 10.1. The fraction of sp³-hybridized carbons (Fsp3) is 0.312. The van der Waals surface area contributed by atoms with Crippen molar-refractivity contribution in [3.05, 3.63) is 40.7 Å². The van der Waals surface area contributed by atoms with Crippen molar-refractivity contribution >= 4 is 17.5 Å². The summed E-state index contributed by atoms with van der Waals surface area (Å²) in [6, 6.07) is 5.20. The van der Waals surface area contributed by atoms with E-state index in [1.165, 1.54) is 0 Å². The quantitative estimate of drug-likeness (QED) is 0.879. The Balaban J connectivity index is 2.17. The average Bonchev–Trinajstić information content (AvgIpc) is 2.89. The van der Waals surface area contributed by atoms with Crippen molar-refractivity contribution in [3.8, 4) is 17.2 Å². The highest BCUT2D eigenvalue weighted by Gasteiger charge is 2.15. The lowest BCUT2D eigenvalue weighted by molar-refractivity contribution is 0.0942. The summed E-state index contributed by atoms with van der Waals surface area (Å²) in [6.07, 6.45) is 1.68. The zero-order chi connectivity index (χ0) is 17.0. The highest BCUT2D eigenvalue weighted by Crippen LogP contribution is 2.38. The Morgan fingerprint density at radius 2 is 1.74 bits per heavy atom. The van der Waals surface area contributed by atoms with Crippen LogP contribution in [0.15, 0.2) is 24.4 Å². The predicted octanol–water partition coefficient (Wildman–Crippen LogP) is 2.63. The number of nitrogens with zero attached hydrogens (tertiary/aromatic N) is 1. The molecule has 0 aliphatic carbocycles. The molecule has 0 radical (unpaired) electrons. The second-order valence-corrected chi connectivity index (χ2v) is 5.31. The molecule has 7 heteroatoms. The molecule has 1 amide bonds. The normalized spacial score (nSPS) is 10.3. The molecule has 2 aromatic rings. The number of amides is 1. The molecular formula is C16H19ClN2O4. The van der Waals surface area contributed by atoms with Crippen LogP contribution in [0, 0.1) is 0 Å². The minimum absolute atomic E-state index is 0.215. The number of hydrogen-bond donors (Lipinski definition) is 1. The summed E-state index contributed by atoms with van der Waals surface area (Å²) in [5.74, 6) is 1.38. The minimum Gasteiger partial charge on any atom is -0.493 e. The van der Waals surface area contributed by atoms with Crippen LogP contribution in [0.4, 0.5) is 0 Å². The number of halogens is 1. The van der Waals surface area contributed by atoms with Crippen molar-refractivity contribution in [3.63, 3.8) is 0 Å². The molecule has 6 nitrogen and oxygen atoms in total. The van der Waals surface area contributed by atoms with Crippen LogP contribution >= 0.6 is 11.6 Å². The monoisotopic (exact) mass is 338 g/mol. The van der Waals surface area contributed by atoms with Crippen LogP contribution in [0.2, 0.25) is 5.02 Å². The zero-order valence-corrected chi connectivity index (χ0v) is 14.2. The SMILES string of the molecule is COc1cc(CNC(=O)c2cc(Cl)cn2C)cc(OC)c1OC. The van der Waals surface area contributed by atoms with Gasteiger partial charge in [-0.15, -0.1) is 0 Å². The van der Waals surface area contributed by atoms with Gasteiger partial charge in [0.1, 0.15) is 5.69 Å². The Hall–Kier alpha value is -2.34. The molecule has 23 heavy (non-hydrogen) atoms. The number of hydrogen-bond acceptors (Lipinski definition) is 4. The third-order valence-corrected chi connectivity index (χ3v) is 3.59. The van der Waals surface area contributed by atoms with Gasteiger partial charge in [0.2, 0.25) is 5.75 Å². The van der Waals surface area contributed by atoms with Crippen molar-refractivity contribution < 1.29 is 19.0 Å². The fourth-order valence-electron chi connectivity index (χ4n) is 2.26. The molecule has 1 aromatic heterocycles. The smallest absolute Gasteiger partial charge is 0.268 e. The molecule has 124 valence electrons. The first-order valence-corrected chi connectivity index (χ1v) is 7.27. The largest absolute Gasteiger partial charge is 0.493 e. The second kappa shape index (κ2) is 7.28. The van der Waals surface area contributed by atoms with E-state index in [1.807, 2.05) is 0 Å². The highest BCUT2D eigenvalue weighted by atomic mass is 35.5. The highest BCUT2D eigenvalue weighted by molar-refractivity contribution is 6.31. The predicted molar refractivity (Wildman–Crippen MR) is 87.7 cm³/mol. The van der Waals surface area contributed by atoms with Gasteiger partial charge in [0, 0.05) is 19.8 Å². The standard InChI is InChI=1S/C16H19ClN2O4/c1-19-9-11(17)7-12(19)16(20)18-8-10-5-13(21-2)15(23-4)14(6-10)22-3/h5-7,9H,8H2,1-4H3,(H,18,20). The number of benzene rings is 1. The first-order valence-electron chi connectivity index (χ1n) is 6.89. The van der Waals surface area contributed by atoms with E-state index in [-0.39, 0.29) is 5.91 Å². The molecule has 0 unspecified atom stereocenters. The Morgan fingerprint density at radius 3 is 2.17 bits per heavy atom. The molecule has 0 fully saturated rings. The van der Waals surface area contributed by atoms with E-state index in [4.69, 9.17) is 25.8 Å². The Labute approximate surface area is 139 Å². The van der Waals surface area contributed by atoms with Crippen molar-refractivity contribution in [1.82, 2.24) is 9.88 Å². The molecule has 0 saturated carbocycles. The van der Waals surface area contributed by atoms with Gasteiger partial charge in [0.15, 0.2) is 11.5 Å². The summed E-state index contributed by atoms with van der Waals surface area (Å²) in [4.78, 5) is 12.2. The molecule has 0 aliphatic rings. The topological polar surface area (TPSA) is 61.7 Å². The molecule has 0 saturated heterocycles. The number of carbonyl (C=O) groups excluding carboxylic acids is 1. The van der Waals surface area contributed by atoms with E-state index >= 15 is 0 Å². The van der Waals surface area contributed by atoms with Gasteiger partial charge in [-0.25, -0.2) is 0 Å². The third-order valence-electron chi connectivity index (χ3n) is 3.38. The van der Waals surface area contributed by atoms with Gasteiger partial charge in [0.25, 0.3) is 5.91 Å². The molecule has 0 atom stereocenters. The number of rotatable bonds is 6. The summed E-state index contributed by atoms with van der Waals surface area (Å²) >= 11 is 5.89. The van der Waals surface area contributed by atoms with Gasteiger partial charge in [-0.05, 0) is 23.8 Å². The summed E-state index contributed by atoms with van der Waals surface area (Å²) in [5.41, 5.74) is 1.32. The summed E-state index contributed by atoms with van der Waals surface area (Å²) in [6.45, 7) is 0.318. The zero-order valence-electron chi connectivity index (χ0n) is 13.5. The number of ether oxygens (including phenoxy) is 3. The first-order chi connectivity index (χ1) is 11.0. The van der Waals surface area contributed by atoms with Crippen LogP contribution in [0.1, 0.15) is 16.1 Å². The van der Waals surface area contributed by atoms with E-state index in [0.717, 1.165) is 5.56 Å². The van der Waals surface area contributed by atoms with Gasteiger partial charge < -0.3 is 24.1 Å². The van der Waals surface area contributed by atoms with E-state index in [9.17, 15) is 4.79 Å². The van der Waals surface area contributed by atoms with Crippen molar-refractivity contribution in [2.24, 2.45) is 7.05 Å². The molecule has 1 N–H and O–H groups in total. The van der Waals surface area contributed by atoms with Gasteiger partial charge in [-0.2, -0.15) is 0 Å². The fourth-order valence-corrected chi connectivity index (χ4v) is 2.51. The molecule has 1 heterocycles. The van der Waals surface area contributed by atoms with Gasteiger partial charge in [-0.1, -0.05) is 11.6 Å². The number of carbonyl (C=O) groups is 1. The molecule has 0 aliphatic heterocycles. The van der Waals surface area contributed by atoms with Gasteiger partial charge in [0.05, 0.1) is 26.4 Å². The van der Waals surface area contributed by atoms with E-state index in [2.05, 4.69) is 5.32 Å². The van der Waals surface area contributed by atoms with Crippen molar-refractivity contribution in [2.45, 2.75) is 6.54 Å². The molecule has 0 bridgehead atoms.